The third-order valence-corrected chi connectivity index (χ3v) is 5.97. The predicted octanol–water partition coefficient (Wildman–Crippen LogP) is 3.14. The molecule has 0 bridgehead atoms. The lowest BCUT2D eigenvalue weighted by atomic mass is 9.51. The Morgan fingerprint density at radius 3 is 2.73 bits per heavy atom. The van der Waals surface area contributed by atoms with Crippen molar-refractivity contribution < 1.29 is 13.9 Å². The molecule has 2 aliphatic rings. The van der Waals surface area contributed by atoms with Crippen LogP contribution in [0.4, 0.5) is 8.78 Å². The minimum absolute atomic E-state index is 0.218. The van der Waals surface area contributed by atoms with E-state index in [0.717, 1.165) is 0 Å². The number of nitriles is 1. The van der Waals surface area contributed by atoms with E-state index in [1.807, 2.05) is 13.0 Å². The van der Waals surface area contributed by atoms with E-state index in [2.05, 4.69) is 4.98 Å². The van der Waals surface area contributed by atoms with Crippen LogP contribution in [-0.4, -0.2) is 14.7 Å². The molecule has 0 amide bonds. The van der Waals surface area contributed by atoms with Gasteiger partial charge in [0.25, 0.3) is 0 Å². The zero-order valence-electron chi connectivity index (χ0n) is 13.7. The number of aliphatic hydroxyl groups is 1. The van der Waals surface area contributed by atoms with Gasteiger partial charge in [0.15, 0.2) is 0 Å². The monoisotopic (exact) mass is 349 g/mol. The summed E-state index contributed by atoms with van der Waals surface area (Å²) in [7, 11) is 0. The molecule has 128 valence electrons. The van der Waals surface area contributed by atoms with Crippen molar-refractivity contribution in [2.24, 2.45) is 0 Å². The van der Waals surface area contributed by atoms with Crippen LogP contribution >= 0.6 is 0 Å². The molecular formula is C20H13F2N3O. The SMILES string of the molecule is CC12c3cc(F)ccc3C1(O)c1cncn1C2c1ccc(C#N)cc1F. The summed E-state index contributed by atoms with van der Waals surface area (Å²) in [5.74, 6) is -0.940. The lowest BCUT2D eigenvalue weighted by Gasteiger charge is -2.53. The lowest BCUT2D eigenvalue weighted by Crippen LogP contribution is -2.56. The van der Waals surface area contributed by atoms with E-state index in [9.17, 15) is 13.9 Å². The first kappa shape index (κ1) is 15.2. The quantitative estimate of drug-likeness (QED) is 0.734. The highest BCUT2D eigenvalue weighted by Gasteiger charge is 2.70. The summed E-state index contributed by atoms with van der Waals surface area (Å²) >= 11 is 0. The van der Waals surface area contributed by atoms with Crippen molar-refractivity contribution in [1.29, 1.82) is 5.26 Å². The summed E-state index contributed by atoms with van der Waals surface area (Å²) in [4.78, 5) is 4.12. The molecule has 1 aliphatic heterocycles. The van der Waals surface area contributed by atoms with Crippen molar-refractivity contribution in [2.75, 3.05) is 0 Å². The average molecular weight is 349 g/mol. The van der Waals surface area contributed by atoms with Crippen LogP contribution in [0.25, 0.3) is 0 Å². The molecule has 5 rings (SSSR count). The number of hydrogen-bond donors (Lipinski definition) is 1. The van der Waals surface area contributed by atoms with Gasteiger partial charge < -0.3 is 9.67 Å². The highest BCUT2D eigenvalue weighted by Crippen LogP contribution is 2.68. The number of halogens is 2. The molecule has 1 aliphatic carbocycles. The van der Waals surface area contributed by atoms with Crippen LogP contribution in [0.3, 0.4) is 0 Å². The molecule has 0 saturated heterocycles. The van der Waals surface area contributed by atoms with Crippen molar-refractivity contribution >= 4 is 0 Å². The summed E-state index contributed by atoms with van der Waals surface area (Å²) in [5.41, 5.74) is 0.0343. The van der Waals surface area contributed by atoms with E-state index in [0.29, 0.717) is 22.4 Å². The van der Waals surface area contributed by atoms with Gasteiger partial charge in [-0.25, -0.2) is 13.8 Å². The molecule has 0 fully saturated rings. The fraction of sp³-hybridized carbons (Fsp3) is 0.200. The van der Waals surface area contributed by atoms with Crippen molar-refractivity contribution in [2.45, 2.75) is 24.0 Å². The molecule has 26 heavy (non-hydrogen) atoms. The van der Waals surface area contributed by atoms with Crippen molar-refractivity contribution in [3.8, 4) is 6.07 Å². The maximum Gasteiger partial charge on any atom is 0.143 e. The first-order chi connectivity index (χ1) is 12.4. The largest absolute Gasteiger partial charge is 0.378 e. The summed E-state index contributed by atoms with van der Waals surface area (Å²) in [5, 5.41) is 20.5. The zero-order chi connectivity index (χ0) is 18.3. The average Bonchev–Trinajstić information content (AvgIpc) is 3.16. The number of benzene rings is 2. The van der Waals surface area contributed by atoms with Crippen molar-refractivity contribution in [1.82, 2.24) is 9.55 Å². The Kier molecular flexibility index (Phi) is 2.68. The molecule has 2 aromatic carbocycles. The maximum absolute atomic E-state index is 14.8. The highest BCUT2D eigenvalue weighted by molar-refractivity contribution is 5.63. The van der Waals surface area contributed by atoms with E-state index in [4.69, 9.17) is 5.26 Å². The number of aromatic nitrogens is 2. The number of rotatable bonds is 1. The van der Waals surface area contributed by atoms with Crippen LogP contribution in [-0.2, 0) is 11.0 Å². The van der Waals surface area contributed by atoms with Gasteiger partial charge in [-0.1, -0.05) is 12.1 Å². The summed E-state index contributed by atoms with van der Waals surface area (Å²) in [6.07, 6.45) is 3.11. The number of hydrogen-bond acceptors (Lipinski definition) is 3. The Morgan fingerprint density at radius 1 is 1.19 bits per heavy atom. The number of nitrogens with zero attached hydrogens (tertiary/aromatic N) is 3. The van der Waals surface area contributed by atoms with E-state index >= 15 is 0 Å². The van der Waals surface area contributed by atoms with Gasteiger partial charge in [-0.05, 0) is 42.3 Å². The fourth-order valence-electron chi connectivity index (χ4n) is 4.77. The van der Waals surface area contributed by atoms with Gasteiger partial charge in [-0.2, -0.15) is 5.26 Å². The molecule has 6 heteroatoms. The lowest BCUT2D eigenvalue weighted by molar-refractivity contribution is -0.0272. The molecule has 2 heterocycles. The second kappa shape index (κ2) is 4.57. The van der Waals surface area contributed by atoms with Gasteiger partial charge in [-0.3, -0.25) is 0 Å². The Morgan fingerprint density at radius 2 is 2.00 bits per heavy atom. The molecule has 3 unspecified atom stereocenters. The number of fused-ring (bicyclic) bond motifs is 6. The maximum atomic E-state index is 14.8. The van der Waals surface area contributed by atoms with Crippen LogP contribution in [0.1, 0.15) is 40.9 Å². The highest BCUT2D eigenvalue weighted by atomic mass is 19.1. The standard InChI is InChI=1S/C20H13F2N3O/c1-19-15-7-12(21)3-5-14(15)20(19,26)17-9-24-10-25(17)18(19)13-4-2-11(8-23)6-16(13)22/h2-7,9-10,18,26H,1H3. The van der Waals surface area contributed by atoms with Gasteiger partial charge in [-0.15, -0.1) is 0 Å². The number of imidazole rings is 1. The molecule has 0 radical (unpaired) electrons. The van der Waals surface area contributed by atoms with Gasteiger partial charge in [0, 0.05) is 5.56 Å². The molecule has 3 aromatic rings. The van der Waals surface area contributed by atoms with E-state index in [-0.39, 0.29) is 5.56 Å². The minimum atomic E-state index is -1.38. The normalized spacial score (nSPS) is 27.9. The molecule has 1 aromatic heterocycles. The van der Waals surface area contributed by atoms with E-state index in [1.165, 1.54) is 18.2 Å². The second-order valence-electron chi connectivity index (χ2n) is 7.04. The Bertz CT molecular complexity index is 1130. The molecule has 4 nitrogen and oxygen atoms in total. The molecule has 3 atom stereocenters. The third-order valence-electron chi connectivity index (χ3n) is 5.97. The van der Waals surface area contributed by atoms with Gasteiger partial charge in [0.2, 0.25) is 0 Å². The van der Waals surface area contributed by atoms with Crippen LogP contribution in [0.2, 0.25) is 0 Å². The third kappa shape index (κ3) is 1.45. The van der Waals surface area contributed by atoms with E-state index in [1.54, 1.807) is 35.3 Å². The summed E-state index contributed by atoms with van der Waals surface area (Å²) in [6.45, 7) is 1.81. The first-order valence-corrected chi connectivity index (χ1v) is 8.17. The first-order valence-electron chi connectivity index (χ1n) is 8.17. The molecular weight excluding hydrogens is 336 g/mol. The van der Waals surface area contributed by atoms with Crippen LogP contribution < -0.4 is 0 Å². The topological polar surface area (TPSA) is 61.8 Å². The van der Waals surface area contributed by atoms with Crippen LogP contribution in [0.15, 0.2) is 48.9 Å². The Balaban J connectivity index is 1.81. The predicted molar refractivity (Wildman–Crippen MR) is 88.2 cm³/mol. The smallest absolute Gasteiger partial charge is 0.143 e. The zero-order valence-corrected chi connectivity index (χ0v) is 13.7. The molecule has 0 spiro atoms. The van der Waals surface area contributed by atoms with Crippen LogP contribution in [0.5, 0.6) is 0 Å². The van der Waals surface area contributed by atoms with Gasteiger partial charge in [0.1, 0.15) is 17.2 Å². The summed E-state index contributed by atoms with van der Waals surface area (Å²) < 4.78 is 30.4. The molecule has 0 saturated carbocycles. The van der Waals surface area contributed by atoms with Crippen molar-refractivity contribution in [3.63, 3.8) is 0 Å². The summed E-state index contributed by atoms with van der Waals surface area (Å²) in [6, 6.07) is 9.87. The second-order valence-corrected chi connectivity index (χ2v) is 7.04. The Hall–Kier alpha value is -3.04. The Labute approximate surface area is 148 Å². The van der Waals surface area contributed by atoms with Gasteiger partial charge >= 0.3 is 0 Å². The van der Waals surface area contributed by atoms with E-state index < -0.39 is 28.7 Å². The fourth-order valence-corrected chi connectivity index (χ4v) is 4.77. The molecule has 1 N–H and O–H groups in total. The minimum Gasteiger partial charge on any atom is -0.378 e. The van der Waals surface area contributed by atoms with Crippen LogP contribution in [0, 0.1) is 23.0 Å². The van der Waals surface area contributed by atoms with Crippen molar-refractivity contribution in [3.05, 3.63) is 88.5 Å². The van der Waals surface area contributed by atoms with Gasteiger partial charge in [0.05, 0.1) is 41.3 Å².